The number of anilines is 2. The molecule has 1 unspecified atom stereocenters. The van der Waals surface area contributed by atoms with Gasteiger partial charge >= 0.3 is 0 Å². The van der Waals surface area contributed by atoms with Crippen molar-refractivity contribution >= 4 is 29.1 Å². The fourth-order valence-electron chi connectivity index (χ4n) is 1.72. The van der Waals surface area contributed by atoms with Crippen molar-refractivity contribution < 1.29 is 9.84 Å². The molecule has 1 aliphatic heterocycles. The van der Waals surface area contributed by atoms with Gasteiger partial charge in [-0.05, 0) is 0 Å². The number of ether oxygens (including phenoxy) is 1. The average Bonchev–Trinajstić information content (AvgIpc) is 2.73. The van der Waals surface area contributed by atoms with Crippen LogP contribution in [0.15, 0.2) is 0 Å². The van der Waals surface area contributed by atoms with Crippen molar-refractivity contribution in [2.45, 2.75) is 6.04 Å². The maximum absolute atomic E-state index is 9.21. The zero-order valence-electron chi connectivity index (χ0n) is 9.74. The molecule has 1 aliphatic rings. The van der Waals surface area contributed by atoms with Gasteiger partial charge in [-0.3, -0.25) is 5.73 Å². The molecule has 0 aromatic carbocycles. The van der Waals surface area contributed by atoms with Crippen LogP contribution >= 0.6 is 12.2 Å². The maximum atomic E-state index is 9.21. The molecule has 1 atom stereocenters. The molecule has 2 heterocycles. The number of aliphatic hydroxyl groups excluding tert-OH is 1. The molecule has 1 aromatic rings. The Bertz CT molecular complexity index is 431. The van der Waals surface area contributed by atoms with Crippen molar-refractivity contribution in [2.75, 3.05) is 43.5 Å². The number of morpholine rings is 1. The summed E-state index contributed by atoms with van der Waals surface area (Å²) in [4.78, 5) is 5.95. The molecule has 0 aliphatic carbocycles. The third-order valence-corrected chi connectivity index (χ3v) is 2.98. The van der Waals surface area contributed by atoms with Gasteiger partial charge in [0.05, 0.1) is 19.8 Å². The Balaban J connectivity index is 2.22. The number of nitrogen functional groups attached to an aromatic ring is 1. The predicted octanol–water partition coefficient (Wildman–Crippen LogP) is -1.16. The Hall–Kier alpha value is -1.45. The summed E-state index contributed by atoms with van der Waals surface area (Å²) in [6, 6.07) is -0.734. The number of nitrogens with one attached hydrogen (secondary N) is 1. The molecule has 18 heavy (non-hydrogen) atoms. The third kappa shape index (κ3) is 2.52. The molecule has 0 bridgehead atoms. The van der Waals surface area contributed by atoms with Gasteiger partial charge in [-0.15, -0.1) is 5.10 Å². The number of hydrogen-bond acceptors (Lipinski definition) is 7. The predicted molar refractivity (Wildman–Crippen MR) is 69.3 cm³/mol. The molecular formula is C9H15N6O2S. The van der Waals surface area contributed by atoms with Crippen molar-refractivity contribution in [1.82, 2.24) is 20.5 Å². The first-order valence-electron chi connectivity index (χ1n) is 5.54. The Kier molecular flexibility index (Phi) is 3.94. The van der Waals surface area contributed by atoms with E-state index in [0.717, 1.165) is 0 Å². The summed E-state index contributed by atoms with van der Waals surface area (Å²) >= 11 is 4.75. The lowest BCUT2D eigenvalue weighted by Gasteiger charge is -2.25. The number of rotatable bonds is 4. The number of thiocarbonyl (C=S) groups is 1. The average molecular weight is 271 g/mol. The van der Waals surface area contributed by atoms with E-state index in [1.807, 2.05) is 4.90 Å². The van der Waals surface area contributed by atoms with Crippen LogP contribution in [0, 0.1) is 0 Å². The van der Waals surface area contributed by atoms with Crippen molar-refractivity contribution in [3.05, 3.63) is 0 Å². The highest BCUT2D eigenvalue weighted by atomic mass is 32.1. The first-order valence-corrected chi connectivity index (χ1v) is 5.95. The quantitative estimate of drug-likeness (QED) is 0.664. The van der Waals surface area contributed by atoms with Gasteiger partial charge in [0, 0.05) is 13.1 Å². The molecule has 1 aromatic heterocycles. The Morgan fingerprint density at radius 3 is 2.78 bits per heavy atom. The Morgan fingerprint density at radius 1 is 1.56 bits per heavy atom. The zero-order valence-corrected chi connectivity index (χ0v) is 10.6. The third-order valence-electron chi connectivity index (χ3n) is 2.71. The molecule has 1 saturated heterocycles. The maximum Gasteiger partial charge on any atom is 0.246 e. The van der Waals surface area contributed by atoms with E-state index in [4.69, 9.17) is 28.4 Å². The highest BCUT2D eigenvalue weighted by molar-refractivity contribution is 7.80. The molecule has 8 nitrogen and oxygen atoms in total. The van der Waals surface area contributed by atoms with E-state index < -0.39 is 6.04 Å². The smallest absolute Gasteiger partial charge is 0.246 e. The number of aliphatic hydroxyl groups is 1. The second kappa shape index (κ2) is 5.46. The van der Waals surface area contributed by atoms with Crippen LogP contribution in [-0.2, 0) is 4.74 Å². The minimum atomic E-state index is -0.734. The molecule has 1 fully saturated rings. The van der Waals surface area contributed by atoms with E-state index >= 15 is 0 Å². The normalized spacial score (nSPS) is 17.7. The Labute approximate surface area is 110 Å². The van der Waals surface area contributed by atoms with Gasteiger partial charge < -0.3 is 20.5 Å². The minimum Gasteiger partial charge on any atom is -0.394 e. The molecule has 4 N–H and O–H groups in total. The fourth-order valence-corrected chi connectivity index (χ4v) is 1.90. The van der Waals surface area contributed by atoms with E-state index in [1.165, 1.54) is 4.68 Å². The summed E-state index contributed by atoms with van der Waals surface area (Å²) < 4.78 is 6.53. The first kappa shape index (κ1) is 13.0. The van der Waals surface area contributed by atoms with E-state index in [-0.39, 0.29) is 17.5 Å². The van der Waals surface area contributed by atoms with Crippen LogP contribution < -0.4 is 16.4 Å². The van der Waals surface area contributed by atoms with Crippen LogP contribution in [0.4, 0.5) is 11.9 Å². The standard InChI is InChI=1S/C9H15N6O2S/c10-7(18)6(5-16)15-8(11)12-9(13-15)14-1-3-17-4-2-14/h6,10,16H,1-5H2,(H2,11,12,13). The highest BCUT2D eigenvalue weighted by Crippen LogP contribution is 2.17. The summed E-state index contributed by atoms with van der Waals surface area (Å²) in [7, 11) is 0. The first-order chi connectivity index (χ1) is 8.63. The number of hydrogen-bond donors (Lipinski definition) is 2. The van der Waals surface area contributed by atoms with Gasteiger partial charge in [0.1, 0.15) is 11.0 Å². The number of nitrogens with two attached hydrogens (primary N) is 1. The van der Waals surface area contributed by atoms with Crippen molar-refractivity contribution in [1.29, 1.82) is 0 Å². The lowest BCUT2D eigenvalue weighted by Crippen LogP contribution is -2.37. The second-order valence-electron chi connectivity index (χ2n) is 3.88. The monoisotopic (exact) mass is 271 g/mol. The molecule has 99 valence electrons. The molecule has 0 saturated carbocycles. The largest absolute Gasteiger partial charge is 0.394 e. The van der Waals surface area contributed by atoms with Gasteiger partial charge in [0.2, 0.25) is 11.9 Å². The summed E-state index contributed by atoms with van der Waals surface area (Å²) in [6.07, 6.45) is 0. The van der Waals surface area contributed by atoms with Gasteiger partial charge in [0.25, 0.3) is 0 Å². The zero-order chi connectivity index (χ0) is 13.1. The van der Waals surface area contributed by atoms with Gasteiger partial charge in [-0.1, -0.05) is 12.2 Å². The summed E-state index contributed by atoms with van der Waals surface area (Å²) in [5.41, 5.74) is 13.2. The molecule has 0 spiro atoms. The van der Waals surface area contributed by atoms with Crippen molar-refractivity contribution in [3.8, 4) is 0 Å². The van der Waals surface area contributed by atoms with Crippen LogP contribution in [0.1, 0.15) is 6.04 Å². The van der Waals surface area contributed by atoms with Gasteiger partial charge in [0.15, 0.2) is 0 Å². The van der Waals surface area contributed by atoms with E-state index in [2.05, 4.69) is 10.1 Å². The highest BCUT2D eigenvalue weighted by Gasteiger charge is 2.22. The van der Waals surface area contributed by atoms with Crippen LogP contribution in [0.3, 0.4) is 0 Å². The van der Waals surface area contributed by atoms with Crippen LogP contribution in [-0.4, -0.2) is 57.8 Å². The van der Waals surface area contributed by atoms with E-state index in [0.29, 0.717) is 32.3 Å². The van der Waals surface area contributed by atoms with Gasteiger partial charge in [-0.25, -0.2) is 4.68 Å². The molecule has 2 rings (SSSR count). The minimum absolute atomic E-state index is 0.123. The fraction of sp³-hybridized carbons (Fsp3) is 0.667. The molecule has 1 radical (unpaired) electrons. The van der Waals surface area contributed by atoms with Gasteiger partial charge in [-0.2, -0.15) is 4.98 Å². The van der Waals surface area contributed by atoms with E-state index in [9.17, 15) is 5.11 Å². The number of nitrogens with zero attached hydrogens (tertiary/aromatic N) is 4. The number of aromatic nitrogens is 3. The second-order valence-corrected chi connectivity index (χ2v) is 4.32. The SMILES string of the molecule is [NH]C(=S)C(CO)n1nc(N2CCOCC2)nc1N. The Morgan fingerprint density at radius 2 is 2.22 bits per heavy atom. The van der Waals surface area contributed by atoms with Crippen LogP contribution in [0.2, 0.25) is 0 Å². The van der Waals surface area contributed by atoms with Crippen molar-refractivity contribution in [3.63, 3.8) is 0 Å². The molecule has 9 heteroatoms. The topological polar surface area (TPSA) is 113 Å². The van der Waals surface area contributed by atoms with Crippen LogP contribution in [0.5, 0.6) is 0 Å². The summed E-state index contributed by atoms with van der Waals surface area (Å²) in [5, 5.41) is 13.4. The summed E-state index contributed by atoms with van der Waals surface area (Å²) in [5.74, 6) is 0.621. The lowest BCUT2D eigenvalue weighted by molar-refractivity contribution is 0.122. The van der Waals surface area contributed by atoms with Crippen LogP contribution in [0.25, 0.3) is 0 Å². The summed E-state index contributed by atoms with van der Waals surface area (Å²) in [6.45, 7) is 2.30. The molecule has 0 amide bonds. The molecular weight excluding hydrogens is 256 g/mol. The van der Waals surface area contributed by atoms with E-state index in [1.54, 1.807) is 0 Å². The lowest BCUT2D eigenvalue weighted by atomic mass is 10.3. The van der Waals surface area contributed by atoms with Crippen molar-refractivity contribution in [2.24, 2.45) is 0 Å².